The van der Waals surface area contributed by atoms with Crippen molar-refractivity contribution < 1.29 is 17.6 Å². The van der Waals surface area contributed by atoms with Crippen LogP contribution in [0.5, 0.6) is 0 Å². The van der Waals surface area contributed by atoms with Gasteiger partial charge < -0.3 is 4.57 Å². The van der Waals surface area contributed by atoms with Crippen LogP contribution in [0.2, 0.25) is 0 Å². The molecule has 0 spiro atoms. The highest BCUT2D eigenvalue weighted by Crippen LogP contribution is 2.24. The summed E-state index contributed by atoms with van der Waals surface area (Å²) >= 11 is 1.26. The van der Waals surface area contributed by atoms with E-state index in [-0.39, 0.29) is 16.3 Å². The van der Waals surface area contributed by atoms with Gasteiger partial charge in [0.05, 0.1) is 15.1 Å². The molecule has 3 aromatic rings. The van der Waals surface area contributed by atoms with E-state index in [2.05, 4.69) is 11.9 Å². The first-order chi connectivity index (χ1) is 15.3. The Morgan fingerprint density at radius 2 is 1.84 bits per heavy atom. The number of thiazole rings is 1. The van der Waals surface area contributed by atoms with E-state index in [0.717, 1.165) is 24.0 Å². The summed E-state index contributed by atoms with van der Waals surface area (Å²) in [6, 6.07) is 10.7. The molecule has 0 unspecified atom stereocenters. The second-order valence-corrected chi connectivity index (χ2v) is 11.1. The van der Waals surface area contributed by atoms with Gasteiger partial charge in [0.2, 0.25) is 10.0 Å². The number of fused-ring (bicyclic) bond motifs is 1. The molecule has 4 rings (SSSR count). The zero-order valence-corrected chi connectivity index (χ0v) is 19.8. The molecule has 1 saturated heterocycles. The molecule has 0 aliphatic carbocycles. The topological polar surface area (TPSA) is 71.7 Å². The maximum absolute atomic E-state index is 14.4. The smallest absolute Gasteiger partial charge is 0.279 e. The number of nitrogens with zero attached hydrogens (tertiary/aromatic N) is 3. The number of benzene rings is 2. The predicted octanol–water partition coefficient (Wildman–Crippen LogP) is 4.41. The van der Waals surface area contributed by atoms with Crippen LogP contribution in [-0.4, -0.2) is 36.3 Å². The van der Waals surface area contributed by atoms with Crippen LogP contribution in [0.15, 0.2) is 52.4 Å². The summed E-state index contributed by atoms with van der Waals surface area (Å²) in [5, 5.41) is 0. The quantitative estimate of drug-likeness (QED) is 0.549. The molecular formula is C23H26FN3O3S2. The van der Waals surface area contributed by atoms with E-state index < -0.39 is 15.9 Å². The lowest BCUT2D eigenvalue weighted by atomic mass is 10.0. The summed E-state index contributed by atoms with van der Waals surface area (Å²) in [5.41, 5.74) is 0.736. The highest BCUT2D eigenvalue weighted by Gasteiger charge is 2.28. The summed E-state index contributed by atoms with van der Waals surface area (Å²) in [7, 11) is -3.58. The number of piperidine rings is 1. The number of halogens is 1. The number of rotatable bonds is 5. The van der Waals surface area contributed by atoms with Crippen LogP contribution in [0.1, 0.15) is 43.5 Å². The second kappa shape index (κ2) is 9.25. The van der Waals surface area contributed by atoms with Gasteiger partial charge in [0, 0.05) is 25.2 Å². The van der Waals surface area contributed by atoms with Crippen molar-refractivity contribution in [1.82, 2.24) is 8.87 Å². The average molecular weight is 476 g/mol. The molecule has 1 aliphatic heterocycles. The van der Waals surface area contributed by atoms with Crippen LogP contribution < -0.4 is 4.80 Å². The maximum Gasteiger partial charge on any atom is 0.279 e. The molecule has 2 heterocycles. The molecule has 1 aliphatic rings. The molecule has 9 heteroatoms. The molecule has 170 valence electrons. The van der Waals surface area contributed by atoms with Gasteiger partial charge >= 0.3 is 0 Å². The molecule has 1 fully saturated rings. The van der Waals surface area contributed by atoms with Gasteiger partial charge in [0.1, 0.15) is 5.82 Å². The Bertz CT molecular complexity index is 1300. The number of sulfonamides is 1. The van der Waals surface area contributed by atoms with E-state index in [9.17, 15) is 17.6 Å². The van der Waals surface area contributed by atoms with E-state index in [4.69, 9.17) is 0 Å². The van der Waals surface area contributed by atoms with Crippen molar-refractivity contribution in [1.29, 1.82) is 0 Å². The number of para-hydroxylation sites is 1. The van der Waals surface area contributed by atoms with Crippen LogP contribution in [-0.2, 0) is 16.6 Å². The largest absolute Gasteiger partial charge is 0.314 e. The Hall–Kier alpha value is -2.36. The molecule has 0 N–H and O–H groups in total. The highest BCUT2D eigenvalue weighted by molar-refractivity contribution is 7.89. The van der Waals surface area contributed by atoms with E-state index in [1.807, 2.05) is 6.92 Å². The third kappa shape index (κ3) is 4.42. The van der Waals surface area contributed by atoms with Crippen molar-refractivity contribution in [2.45, 2.75) is 44.6 Å². The van der Waals surface area contributed by atoms with E-state index in [1.54, 1.807) is 16.7 Å². The van der Waals surface area contributed by atoms with Crippen molar-refractivity contribution in [3.8, 4) is 0 Å². The Morgan fingerprint density at radius 3 is 2.50 bits per heavy atom. The summed E-state index contributed by atoms with van der Waals surface area (Å²) in [6.07, 6.45) is 2.47. The van der Waals surface area contributed by atoms with Crippen molar-refractivity contribution in [3.63, 3.8) is 0 Å². The molecule has 0 bridgehead atoms. The third-order valence-corrected chi connectivity index (χ3v) is 8.73. The highest BCUT2D eigenvalue weighted by atomic mass is 32.2. The van der Waals surface area contributed by atoms with Crippen molar-refractivity contribution >= 4 is 37.5 Å². The van der Waals surface area contributed by atoms with Crippen LogP contribution in [0.4, 0.5) is 4.39 Å². The fourth-order valence-corrected chi connectivity index (χ4v) is 6.44. The van der Waals surface area contributed by atoms with Gasteiger partial charge in [-0.05, 0) is 61.6 Å². The van der Waals surface area contributed by atoms with Crippen LogP contribution in [0.3, 0.4) is 0 Å². The minimum Gasteiger partial charge on any atom is -0.314 e. The first-order valence-electron chi connectivity index (χ1n) is 10.8. The Morgan fingerprint density at radius 1 is 1.16 bits per heavy atom. The van der Waals surface area contributed by atoms with Gasteiger partial charge in [0.15, 0.2) is 4.80 Å². The summed E-state index contributed by atoms with van der Waals surface area (Å²) in [5.74, 6) is -0.304. The van der Waals surface area contributed by atoms with E-state index in [0.29, 0.717) is 35.9 Å². The van der Waals surface area contributed by atoms with Crippen LogP contribution in [0, 0.1) is 11.7 Å². The minimum atomic E-state index is -3.58. The summed E-state index contributed by atoms with van der Waals surface area (Å²) in [6.45, 7) is 5.67. The van der Waals surface area contributed by atoms with Crippen molar-refractivity contribution in [2.75, 3.05) is 13.1 Å². The summed E-state index contributed by atoms with van der Waals surface area (Å²) < 4.78 is 44.1. The Balaban J connectivity index is 1.63. The molecular weight excluding hydrogens is 449 g/mol. The first-order valence-corrected chi connectivity index (χ1v) is 13.0. The molecule has 2 aromatic carbocycles. The number of aromatic nitrogens is 1. The SMILES string of the molecule is CCCn1c(=NC(=O)c2ccc(S(=O)(=O)N3CCC(C)CC3)cc2)sc2cccc(F)c21. The van der Waals surface area contributed by atoms with Crippen molar-refractivity contribution in [3.05, 3.63) is 58.6 Å². The third-order valence-electron chi connectivity index (χ3n) is 5.78. The number of amides is 1. The van der Waals surface area contributed by atoms with E-state index >= 15 is 0 Å². The lowest BCUT2D eigenvalue weighted by Crippen LogP contribution is -2.37. The average Bonchev–Trinajstić information content (AvgIpc) is 3.12. The normalized spacial score (nSPS) is 16.7. The Labute approximate surface area is 191 Å². The molecule has 0 saturated carbocycles. The van der Waals surface area contributed by atoms with Gasteiger partial charge in [-0.1, -0.05) is 31.3 Å². The zero-order chi connectivity index (χ0) is 22.9. The minimum absolute atomic E-state index is 0.175. The van der Waals surface area contributed by atoms with Gasteiger partial charge in [-0.15, -0.1) is 0 Å². The van der Waals surface area contributed by atoms with Gasteiger partial charge in [-0.2, -0.15) is 9.30 Å². The number of hydrogen-bond donors (Lipinski definition) is 0. The second-order valence-electron chi connectivity index (χ2n) is 8.15. The number of hydrogen-bond acceptors (Lipinski definition) is 4. The molecule has 32 heavy (non-hydrogen) atoms. The fraction of sp³-hybridized carbons (Fsp3) is 0.391. The van der Waals surface area contributed by atoms with Gasteiger partial charge in [-0.3, -0.25) is 4.79 Å². The zero-order valence-electron chi connectivity index (χ0n) is 18.1. The van der Waals surface area contributed by atoms with Crippen molar-refractivity contribution in [2.24, 2.45) is 10.9 Å². The first kappa shape index (κ1) is 22.8. The Kier molecular flexibility index (Phi) is 6.60. The monoisotopic (exact) mass is 475 g/mol. The molecule has 1 aromatic heterocycles. The van der Waals surface area contributed by atoms with E-state index in [1.165, 1.54) is 46.0 Å². The van der Waals surface area contributed by atoms with Gasteiger partial charge in [-0.25, -0.2) is 12.8 Å². The molecule has 0 radical (unpaired) electrons. The molecule has 0 atom stereocenters. The fourth-order valence-electron chi connectivity index (χ4n) is 3.90. The van der Waals surface area contributed by atoms with Crippen LogP contribution in [0.25, 0.3) is 10.2 Å². The number of carbonyl (C=O) groups is 1. The molecule has 1 amide bonds. The maximum atomic E-state index is 14.4. The number of aryl methyl sites for hydroxylation is 1. The standard InChI is InChI=1S/C23H26FN3O3S2/c1-3-13-27-21-19(24)5-4-6-20(21)31-23(27)25-22(28)17-7-9-18(10-8-17)32(29,30)26-14-11-16(2)12-15-26/h4-10,16H,3,11-15H2,1-2H3. The molecule has 6 nitrogen and oxygen atoms in total. The summed E-state index contributed by atoms with van der Waals surface area (Å²) in [4.78, 5) is 17.6. The number of carbonyl (C=O) groups excluding carboxylic acids is 1. The lowest BCUT2D eigenvalue weighted by Gasteiger charge is -2.29. The van der Waals surface area contributed by atoms with Gasteiger partial charge in [0.25, 0.3) is 5.91 Å². The van der Waals surface area contributed by atoms with Crippen LogP contribution >= 0.6 is 11.3 Å². The predicted molar refractivity (Wildman–Crippen MR) is 124 cm³/mol. The lowest BCUT2D eigenvalue weighted by molar-refractivity contribution is 0.0997.